The van der Waals surface area contributed by atoms with E-state index in [0.717, 1.165) is 71.2 Å². The summed E-state index contributed by atoms with van der Waals surface area (Å²) >= 11 is 0. The molecule has 7 heteroatoms. The number of fused-ring (bicyclic) bond motifs is 1. The van der Waals surface area contributed by atoms with Gasteiger partial charge in [0.25, 0.3) is 0 Å². The van der Waals surface area contributed by atoms with Crippen LogP contribution in [0.15, 0.2) is 60.7 Å². The summed E-state index contributed by atoms with van der Waals surface area (Å²) in [6.45, 7) is 3.84. The van der Waals surface area contributed by atoms with Gasteiger partial charge in [-0.1, -0.05) is 75.1 Å². The van der Waals surface area contributed by atoms with Gasteiger partial charge in [-0.15, -0.1) is 0 Å². The minimum Gasteiger partial charge on any atom is -0.449 e. The number of anilines is 1. The van der Waals surface area contributed by atoms with Crippen LogP contribution in [0.1, 0.15) is 63.3 Å². The number of nitrogens with zero attached hydrogens (tertiary/aromatic N) is 3. The Hall–Kier alpha value is -3.87. The van der Waals surface area contributed by atoms with E-state index in [4.69, 9.17) is 19.8 Å². The highest BCUT2D eigenvalue weighted by atomic mass is 16.7. The number of carbonyl (C=O) groups is 1. The number of imidazole rings is 1. The van der Waals surface area contributed by atoms with E-state index in [1.54, 1.807) is 12.1 Å². The van der Waals surface area contributed by atoms with E-state index in [9.17, 15) is 4.79 Å². The first-order valence-electron chi connectivity index (χ1n) is 13.8. The minimum absolute atomic E-state index is 0.327. The highest BCUT2D eigenvalue weighted by Gasteiger charge is 2.16. The third kappa shape index (κ3) is 6.15. The van der Waals surface area contributed by atoms with Crippen molar-refractivity contribution in [1.29, 1.82) is 0 Å². The molecule has 4 aromatic rings. The van der Waals surface area contributed by atoms with Crippen molar-refractivity contribution in [3.8, 4) is 16.9 Å². The van der Waals surface area contributed by atoms with E-state index in [1.807, 2.05) is 24.3 Å². The Labute approximate surface area is 223 Å². The molecule has 0 atom stereocenters. The van der Waals surface area contributed by atoms with Gasteiger partial charge >= 0.3 is 6.16 Å². The number of hydrogen-bond acceptors (Lipinski definition) is 5. The summed E-state index contributed by atoms with van der Waals surface area (Å²) in [5.41, 5.74) is 4.61. The molecule has 5 rings (SSSR count). The molecule has 0 bridgehead atoms. The van der Waals surface area contributed by atoms with Gasteiger partial charge < -0.3 is 19.7 Å². The molecule has 1 fully saturated rings. The molecule has 0 spiro atoms. The van der Waals surface area contributed by atoms with Gasteiger partial charge in [-0.25, -0.2) is 14.8 Å². The van der Waals surface area contributed by atoms with Crippen LogP contribution in [-0.4, -0.2) is 32.3 Å². The molecule has 0 unspecified atom stereocenters. The number of hydrogen-bond donors (Lipinski definition) is 2. The summed E-state index contributed by atoms with van der Waals surface area (Å²) in [6, 6.07) is 19.5. The fourth-order valence-corrected chi connectivity index (χ4v) is 5.34. The van der Waals surface area contributed by atoms with Gasteiger partial charge in [-0.3, -0.25) is 0 Å². The molecular formula is C31H36N4O3. The first-order chi connectivity index (χ1) is 18.6. The van der Waals surface area contributed by atoms with Gasteiger partial charge in [0.15, 0.2) is 5.65 Å². The molecule has 0 aliphatic heterocycles. The topological polar surface area (TPSA) is 89.3 Å². The van der Waals surface area contributed by atoms with Gasteiger partial charge in [0, 0.05) is 18.5 Å². The van der Waals surface area contributed by atoms with Crippen molar-refractivity contribution in [2.24, 2.45) is 5.92 Å². The number of rotatable bonds is 10. The molecule has 0 amide bonds. The van der Waals surface area contributed by atoms with Crippen LogP contribution in [0.25, 0.3) is 22.3 Å². The van der Waals surface area contributed by atoms with Crippen LogP contribution >= 0.6 is 0 Å². The third-order valence-electron chi connectivity index (χ3n) is 7.41. The van der Waals surface area contributed by atoms with Crippen molar-refractivity contribution < 1.29 is 14.6 Å². The molecular weight excluding hydrogens is 476 g/mol. The maximum absolute atomic E-state index is 11.1. The number of unbranched alkanes of at least 4 members (excludes halogenated alkanes) is 1. The second-order valence-corrected chi connectivity index (χ2v) is 10.2. The highest BCUT2D eigenvalue weighted by Crippen LogP contribution is 2.31. The Kier molecular flexibility index (Phi) is 8.22. The molecule has 198 valence electrons. The predicted octanol–water partition coefficient (Wildman–Crippen LogP) is 7.54. The van der Waals surface area contributed by atoms with Crippen LogP contribution in [0.4, 0.5) is 10.6 Å². The van der Waals surface area contributed by atoms with E-state index >= 15 is 0 Å². The van der Waals surface area contributed by atoms with Gasteiger partial charge in [0.1, 0.15) is 22.9 Å². The lowest BCUT2D eigenvalue weighted by Gasteiger charge is -2.22. The zero-order valence-electron chi connectivity index (χ0n) is 22.0. The fourth-order valence-electron chi connectivity index (χ4n) is 5.34. The average molecular weight is 513 g/mol. The second-order valence-electron chi connectivity index (χ2n) is 10.2. The lowest BCUT2D eigenvalue weighted by molar-refractivity contribution is 0.144. The molecule has 1 aliphatic carbocycles. The summed E-state index contributed by atoms with van der Waals surface area (Å²) in [5, 5.41) is 12.7. The molecule has 2 heterocycles. The Morgan fingerprint density at radius 1 is 1.03 bits per heavy atom. The lowest BCUT2D eigenvalue weighted by Crippen LogP contribution is -2.17. The predicted molar refractivity (Wildman–Crippen MR) is 151 cm³/mol. The Bertz CT molecular complexity index is 1370. The summed E-state index contributed by atoms with van der Waals surface area (Å²) in [4.78, 5) is 21.1. The number of benzene rings is 2. The zero-order chi connectivity index (χ0) is 26.3. The Morgan fingerprint density at radius 3 is 2.58 bits per heavy atom. The monoisotopic (exact) mass is 512 g/mol. The van der Waals surface area contributed by atoms with E-state index in [-0.39, 0.29) is 0 Å². The Morgan fingerprint density at radius 2 is 1.82 bits per heavy atom. The largest absolute Gasteiger partial charge is 0.511 e. The number of nitrogens with one attached hydrogen (secondary N) is 1. The number of para-hydroxylation sites is 1. The zero-order valence-corrected chi connectivity index (χ0v) is 22.0. The molecule has 1 saturated carbocycles. The van der Waals surface area contributed by atoms with Crippen LogP contribution in [0.3, 0.4) is 0 Å². The van der Waals surface area contributed by atoms with E-state index in [1.165, 1.54) is 32.1 Å². The van der Waals surface area contributed by atoms with Crippen molar-refractivity contribution in [3.05, 3.63) is 72.1 Å². The van der Waals surface area contributed by atoms with E-state index in [2.05, 4.69) is 41.1 Å². The molecule has 2 aromatic heterocycles. The number of carboxylic acid groups (broad SMARTS) is 1. The van der Waals surface area contributed by atoms with Crippen LogP contribution in [-0.2, 0) is 13.0 Å². The van der Waals surface area contributed by atoms with Crippen molar-refractivity contribution >= 4 is 23.1 Å². The SMILES string of the molecule is CCCCc1nc2ccc(NCC3CCCCC3)nc2n1Cc1ccc(-c2ccccc2OC(=O)O)cc1. The summed E-state index contributed by atoms with van der Waals surface area (Å²) in [7, 11) is 0. The fraction of sp³-hybridized carbons (Fsp3) is 0.387. The van der Waals surface area contributed by atoms with Crippen molar-refractivity contribution in [2.45, 2.75) is 64.8 Å². The molecule has 0 radical (unpaired) electrons. The van der Waals surface area contributed by atoms with Crippen molar-refractivity contribution in [2.75, 3.05) is 11.9 Å². The number of ether oxygens (including phenoxy) is 1. The maximum atomic E-state index is 11.1. The van der Waals surface area contributed by atoms with Crippen LogP contribution in [0.2, 0.25) is 0 Å². The Balaban J connectivity index is 1.39. The number of pyridine rings is 1. The van der Waals surface area contributed by atoms with Crippen LogP contribution in [0.5, 0.6) is 5.75 Å². The quantitative estimate of drug-likeness (QED) is 0.169. The summed E-state index contributed by atoms with van der Waals surface area (Å²) in [6.07, 6.45) is 8.42. The highest BCUT2D eigenvalue weighted by molar-refractivity contribution is 5.75. The number of aromatic nitrogens is 3. The van der Waals surface area contributed by atoms with E-state index in [0.29, 0.717) is 12.3 Å². The maximum Gasteiger partial charge on any atom is 0.511 e. The van der Waals surface area contributed by atoms with Crippen LogP contribution < -0.4 is 10.1 Å². The summed E-state index contributed by atoms with van der Waals surface area (Å²) in [5.74, 6) is 3.03. The van der Waals surface area contributed by atoms with Crippen LogP contribution in [0, 0.1) is 5.92 Å². The molecule has 0 saturated heterocycles. The van der Waals surface area contributed by atoms with Gasteiger partial charge in [-0.05, 0) is 54.5 Å². The van der Waals surface area contributed by atoms with Gasteiger partial charge in [-0.2, -0.15) is 0 Å². The molecule has 2 N–H and O–H groups in total. The van der Waals surface area contributed by atoms with E-state index < -0.39 is 6.16 Å². The minimum atomic E-state index is -1.32. The number of aryl methyl sites for hydroxylation is 1. The molecule has 38 heavy (non-hydrogen) atoms. The normalized spacial score (nSPS) is 14.0. The first kappa shape index (κ1) is 25.8. The van der Waals surface area contributed by atoms with Crippen molar-refractivity contribution in [3.63, 3.8) is 0 Å². The molecule has 2 aromatic carbocycles. The summed E-state index contributed by atoms with van der Waals surface area (Å²) < 4.78 is 7.22. The van der Waals surface area contributed by atoms with Crippen molar-refractivity contribution in [1.82, 2.24) is 14.5 Å². The molecule has 1 aliphatic rings. The smallest absolute Gasteiger partial charge is 0.449 e. The second kappa shape index (κ2) is 12.1. The standard InChI is InChI=1S/C31H36N4O3/c1-2-3-13-29-33-26-18-19-28(32-20-22-9-5-4-6-10-22)34-30(26)35(29)21-23-14-16-24(17-15-23)25-11-7-8-12-27(25)38-31(36)37/h7-8,11-12,14-19,22H,2-6,9-10,13,20-21H2,1H3,(H,32,34)(H,36,37). The third-order valence-corrected chi connectivity index (χ3v) is 7.41. The molecule has 7 nitrogen and oxygen atoms in total. The first-order valence-corrected chi connectivity index (χ1v) is 13.8. The van der Waals surface area contributed by atoms with Gasteiger partial charge in [0.05, 0.1) is 6.54 Å². The lowest BCUT2D eigenvalue weighted by atomic mass is 9.89. The average Bonchev–Trinajstić information content (AvgIpc) is 3.28. The van der Waals surface area contributed by atoms with Gasteiger partial charge in [0.2, 0.25) is 0 Å².